The van der Waals surface area contributed by atoms with E-state index in [0.29, 0.717) is 24.1 Å². The van der Waals surface area contributed by atoms with Crippen molar-refractivity contribution in [3.8, 4) is 0 Å². The molecule has 2 aromatic rings. The number of benzene rings is 2. The third-order valence-corrected chi connectivity index (χ3v) is 5.20. The van der Waals surface area contributed by atoms with E-state index in [1.165, 1.54) is 12.1 Å². The summed E-state index contributed by atoms with van der Waals surface area (Å²) in [6, 6.07) is 10.9. The molecule has 0 bridgehead atoms. The van der Waals surface area contributed by atoms with Gasteiger partial charge < -0.3 is 10.6 Å². The van der Waals surface area contributed by atoms with Gasteiger partial charge in [-0.1, -0.05) is 30.3 Å². The lowest BCUT2D eigenvalue weighted by Gasteiger charge is -2.22. The van der Waals surface area contributed by atoms with Crippen LogP contribution in [0, 0.1) is 12.7 Å². The SMILES string of the molecule is Cc1ccc(F)cc1NC(=O)CN1C(=O)N[C@]2(CCc3ccccc32)C1=O. The maximum atomic E-state index is 13.4. The zero-order valence-corrected chi connectivity index (χ0v) is 14.7. The highest BCUT2D eigenvalue weighted by Gasteiger charge is 2.55. The van der Waals surface area contributed by atoms with Crippen molar-refractivity contribution >= 4 is 23.5 Å². The van der Waals surface area contributed by atoms with Gasteiger partial charge in [-0.05, 0) is 48.6 Å². The molecule has 2 N–H and O–H groups in total. The minimum absolute atomic E-state index is 0.313. The molecule has 1 saturated heterocycles. The van der Waals surface area contributed by atoms with Crippen molar-refractivity contribution in [3.63, 3.8) is 0 Å². The van der Waals surface area contributed by atoms with Crippen LogP contribution in [0.2, 0.25) is 0 Å². The Balaban J connectivity index is 1.54. The number of anilines is 1. The predicted octanol–water partition coefficient (Wildman–Crippen LogP) is 2.47. The highest BCUT2D eigenvalue weighted by atomic mass is 19.1. The lowest BCUT2D eigenvalue weighted by molar-refractivity contribution is -0.134. The molecule has 6 nitrogen and oxygen atoms in total. The van der Waals surface area contributed by atoms with Crippen LogP contribution in [0.15, 0.2) is 42.5 Å². The molecule has 1 aliphatic carbocycles. The van der Waals surface area contributed by atoms with E-state index in [1.807, 2.05) is 24.3 Å². The van der Waals surface area contributed by atoms with Crippen LogP contribution in [0.5, 0.6) is 0 Å². The molecule has 1 heterocycles. The summed E-state index contributed by atoms with van der Waals surface area (Å²) in [5.74, 6) is -1.47. The van der Waals surface area contributed by atoms with E-state index < -0.39 is 35.7 Å². The first-order valence-corrected chi connectivity index (χ1v) is 8.69. The van der Waals surface area contributed by atoms with Gasteiger partial charge in [-0.2, -0.15) is 0 Å². The number of aryl methyl sites for hydroxylation is 2. The van der Waals surface area contributed by atoms with Crippen LogP contribution in [0.4, 0.5) is 14.9 Å². The Kier molecular flexibility index (Phi) is 3.95. The molecular formula is C20H18FN3O3. The maximum absolute atomic E-state index is 13.4. The Morgan fingerprint density at radius 1 is 1.26 bits per heavy atom. The summed E-state index contributed by atoms with van der Waals surface area (Å²) in [5, 5.41) is 5.34. The maximum Gasteiger partial charge on any atom is 0.325 e. The van der Waals surface area contributed by atoms with Gasteiger partial charge in [-0.25, -0.2) is 9.18 Å². The number of amides is 4. The average molecular weight is 367 g/mol. The molecule has 0 aromatic heterocycles. The van der Waals surface area contributed by atoms with Crippen molar-refractivity contribution in [2.24, 2.45) is 0 Å². The first-order valence-electron chi connectivity index (χ1n) is 8.69. The number of urea groups is 1. The second-order valence-electron chi connectivity index (χ2n) is 6.89. The number of nitrogens with zero attached hydrogens (tertiary/aromatic N) is 1. The van der Waals surface area contributed by atoms with E-state index in [1.54, 1.807) is 13.0 Å². The first-order chi connectivity index (χ1) is 12.9. The number of imide groups is 1. The summed E-state index contributed by atoms with van der Waals surface area (Å²) in [7, 11) is 0. The fraction of sp³-hybridized carbons (Fsp3) is 0.250. The van der Waals surface area contributed by atoms with Crippen molar-refractivity contribution in [1.82, 2.24) is 10.2 Å². The lowest BCUT2D eigenvalue weighted by Crippen LogP contribution is -2.43. The Hall–Kier alpha value is -3.22. The van der Waals surface area contributed by atoms with E-state index in [4.69, 9.17) is 0 Å². The smallest absolute Gasteiger partial charge is 0.324 e. The van der Waals surface area contributed by atoms with Crippen molar-refractivity contribution in [2.45, 2.75) is 25.3 Å². The van der Waals surface area contributed by atoms with Crippen LogP contribution in [0.3, 0.4) is 0 Å². The fourth-order valence-electron chi connectivity index (χ4n) is 3.80. The molecule has 4 rings (SSSR count). The van der Waals surface area contributed by atoms with Crippen molar-refractivity contribution in [3.05, 3.63) is 65.0 Å². The number of halogens is 1. The van der Waals surface area contributed by atoms with Gasteiger partial charge in [-0.15, -0.1) is 0 Å². The van der Waals surface area contributed by atoms with Gasteiger partial charge in [0.25, 0.3) is 5.91 Å². The largest absolute Gasteiger partial charge is 0.325 e. The number of fused-ring (bicyclic) bond motifs is 2. The summed E-state index contributed by atoms with van der Waals surface area (Å²) in [6.45, 7) is 1.30. The molecule has 7 heteroatoms. The van der Waals surface area contributed by atoms with E-state index >= 15 is 0 Å². The van der Waals surface area contributed by atoms with Gasteiger partial charge in [-0.3, -0.25) is 14.5 Å². The molecule has 2 aliphatic rings. The molecule has 0 unspecified atom stereocenters. The van der Waals surface area contributed by atoms with Crippen molar-refractivity contribution in [1.29, 1.82) is 0 Å². The molecule has 27 heavy (non-hydrogen) atoms. The Morgan fingerprint density at radius 3 is 2.85 bits per heavy atom. The summed E-state index contributed by atoms with van der Waals surface area (Å²) in [5.41, 5.74) is 1.71. The quantitative estimate of drug-likeness (QED) is 0.818. The third kappa shape index (κ3) is 2.75. The second-order valence-corrected chi connectivity index (χ2v) is 6.89. The normalized spacial score (nSPS) is 20.7. The lowest BCUT2D eigenvalue weighted by atomic mass is 9.92. The fourth-order valence-corrected chi connectivity index (χ4v) is 3.80. The second kappa shape index (κ2) is 6.19. The molecule has 4 amide bonds. The number of carbonyl (C=O) groups is 3. The standard InChI is InChI=1S/C20H18FN3O3/c1-12-6-7-14(21)10-16(12)22-17(25)11-24-18(26)20(23-19(24)27)9-8-13-4-2-3-5-15(13)20/h2-7,10H,8-9,11H2,1H3,(H,22,25)(H,23,27)/t20-/m0/s1. The number of hydrogen-bond acceptors (Lipinski definition) is 3. The van der Waals surface area contributed by atoms with E-state index in [0.717, 1.165) is 16.0 Å². The van der Waals surface area contributed by atoms with E-state index in [-0.39, 0.29) is 0 Å². The summed E-state index contributed by atoms with van der Waals surface area (Å²) >= 11 is 0. The van der Waals surface area contributed by atoms with E-state index in [9.17, 15) is 18.8 Å². The minimum atomic E-state index is -1.09. The number of hydrogen-bond donors (Lipinski definition) is 2. The van der Waals surface area contributed by atoms with Crippen molar-refractivity contribution < 1.29 is 18.8 Å². The predicted molar refractivity (Wildman–Crippen MR) is 96.5 cm³/mol. The highest BCUT2D eigenvalue weighted by Crippen LogP contribution is 2.41. The third-order valence-electron chi connectivity index (χ3n) is 5.20. The van der Waals surface area contributed by atoms with Crippen LogP contribution in [-0.4, -0.2) is 29.3 Å². The molecule has 1 aliphatic heterocycles. The Labute approximate surface area is 155 Å². The van der Waals surface area contributed by atoms with Gasteiger partial charge >= 0.3 is 6.03 Å². The van der Waals surface area contributed by atoms with Crippen LogP contribution in [0.1, 0.15) is 23.1 Å². The molecule has 0 radical (unpaired) electrons. The summed E-state index contributed by atoms with van der Waals surface area (Å²) < 4.78 is 13.4. The first kappa shape index (κ1) is 17.2. The van der Waals surface area contributed by atoms with Crippen LogP contribution in [0.25, 0.3) is 0 Å². The zero-order chi connectivity index (χ0) is 19.2. The minimum Gasteiger partial charge on any atom is -0.324 e. The van der Waals surface area contributed by atoms with Gasteiger partial charge in [0.05, 0.1) is 0 Å². The topological polar surface area (TPSA) is 78.5 Å². The molecule has 138 valence electrons. The Bertz CT molecular complexity index is 975. The highest BCUT2D eigenvalue weighted by molar-refractivity contribution is 6.11. The molecular weight excluding hydrogens is 349 g/mol. The molecule has 0 saturated carbocycles. The van der Waals surface area contributed by atoms with Gasteiger partial charge in [0.2, 0.25) is 5.91 Å². The zero-order valence-electron chi connectivity index (χ0n) is 14.7. The van der Waals surface area contributed by atoms with Gasteiger partial charge in [0.15, 0.2) is 0 Å². The van der Waals surface area contributed by atoms with Gasteiger partial charge in [0.1, 0.15) is 17.9 Å². The molecule has 1 fully saturated rings. The molecule has 2 aromatic carbocycles. The van der Waals surface area contributed by atoms with E-state index in [2.05, 4.69) is 10.6 Å². The number of carbonyl (C=O) groups excluding carboxylic acids is 3. The molecule has 1 spiro atoms. The molecule has 1 atom stereocenters. The number of nitrogens with one attached hydrogen (secondary N) is 2. The van der Waals surface area contributed by atoms with Crippen LogP contribution in [-0.2, 0) is 21.5 Å². The van der Waals surface area contributed by atoms with Crippen molar-refractivity contribution in [2.75, 3.05) is 11.9 Å². The summed E-state index contributed by atoms with van der Waals surface area (Å²) in [6.07, 6.45) is 1.16. The average Bonchev–Trinajstić information content (AvgIpc) is 3.12. The van der Waals surface area contributed by atoms with Crippen LogP contribution < -0.4 is 10.6 Å². The van der Waals surface area contributed by atoms with Gasteiger partial charge in [0, 0.05) is 5.69 Å². The summed E-state index contributed by atoms with van der Waals surface area (Å²) in [4.78, 5) is 38.7. The number of rotatable bonds is 3. The monoisotopic (exact) mass is 367 g/mol. The Morgan fingerprint density at radius 2 is 2.04 bits per heavy atom. The van der Waals surface area contributed by atoms with Crippen LogP contribution >= 0.6 is 0 Å².